The van der Waals surface area contributed by atoms with Crippen LogP contribution in [-0.2, 0) is 17.8 Å². The summed E-state index contributed by atoms with van der Waals surface area (Å²) in [7, 11) is 0. The SMILES string of the molecule is Cc1ccc(SCC(=O)N2CC[NH+](Cc3ccc4c(c3)CCO4)CC2)cc1. The number of rotatable bonds is 5. The summed E-state index contributed by atoms with van der Waals surface area (Å²) in [4.78, 5) is 17.3. The van der Waals surface area contributed by atoms with Gasteiger partial charge in [-0.25, -0.2) is 0 Å². The first-order valence-corrected chi connectivity index (χ1v) is 10.7. The number of thioether (sulfide) groups is 1. The number of nitrogens with zero attached hydrogens (tertiary/aromatic N) is 1. The van der Waals surface area contributed by atoms with Crippen LogP contribution in [0.4, 0.5) is 0 Å². The number of fused-ring (bicyclic) bond motifs is 1. The Hall–Kier alpha value is -1.98. The zero-order valence-corrected chi connectivity index (χ0v) is 16.7. The first-order valence-electron chi connectivity index (χ1n) is 9.73. The molecule has 0 bridgehead atoms. The van der Waals surface area contributed by atoms with Crippen LogP contribution in [-0.4, -0.2) is 49.3 Å². The fraction of sp³-hybridized carbons (Fsp3) is 0.409. The molecule has 2 aliphatic rings. The highest BCUT2D eigenvalue weighted by atomic mass is 32.2. The minimum Gasteiger partial charge on any atom is -0.493 e. The molecule has 0 spiro atoms. The van der Waals surface area contributed by atoms with E-state index in [1.165, 1.54) is 21.6 Å². The lowest BCUT2D eigenvalue weighted by Gasteiger charge is -2.32. The van der Waals surface area contributed by atoms with Gasteiger partial charge in [-0.15, -0.1) is 11.8 Å². The summed E-state index contributed by atoms with van der Waals surface area (Å²) < 4.78 is 5.59. The summed E-state index contributed by atoms with van der Waals surface area (Å²) in [6, 6.07) is 15.0. The van der Waals surface area contributed by atoms with Gasteiger partial charge < -0.3 is 14.5 Å². The molecule has 5 heteroatoms. The summed E-state index contributed by atoms with van der Waals surface area (Å²) in [6.07, 6.45) is 1.03. The number of piperazine rings is 1. The zero-order chi connectivity index (χ0) is 18.6. The molecule has 1 saturated heterocycles. The molecule has 4 rings (SSSR count). The highest BCUT2D eigenvalue weighted by Gasteiger charge is 2.24. The fourth-order valence-corrected chi connectivity index (χ4v) is 4.56. The third-order valence-electron chi connectivity index (χ3n) is 5.41. The molecule has 2 aromatic carbocycles. The molecule has 2 heterocycles. The average molecular weight is 384 g/mol. The van der Waals surface area contributed by atoms with Crippen molar-refractivity contribution in [3.8, 4) is 5.75 Å². The van der Waals surface area contributed by atoms with E-state index < -0.39 is 0 Å². The van der Waals surface area contributed by atoms with Gasteiger partial charge in [-0.05, 0) is 42.8 Å². The van der Waals surface area contributed by atoms with E-state index in [4.69, 9.17) is 4.74 Å². The number of aryl methyl sites for hydroxylation is 1. The van der Waals surface area contributed by atoms with E-state index in [9.17, 15) is 4.79 Å². The van der Waals surface area contributed by atoms with E-state index in [1.54, 1.807) is 16.7 Å². The molecule has 1 fully saturated rings. The Morgan fingerprint density at radius 1 is 1.15 bits per heavy atom. The predicted octanol–water partition coefficient (Wildman–Crippen LogP) is 1.95. The molecular formula is C22H27N2O2S+. The molecule has 0 aliphatic carbocycles. The molecular weight excluding hydrogens is 356 g/mol. The number of quaternary nitrogens is 1. The largest absolute Gasteiger partial charge is 0.493 e. The lowest BCUT2D eigenvalue weighted by Crippen LogP contribution is -3.13. The Bertz CT molecular complexity index is 798. The van der Waals surface area contributed by atoms with Gasteiger partial charge in [0.2, 0.25) is 5.91 Å². The highest BCUT2D eigenvalue weighted by Crippen LogP contribution is 2.25. The van der Waals surface area contributed by atoms with Gasteiger partial charge in [-0.1, -0.05) is 17.7 Å². The summed E-state index contributed by atoms with van der Waals surface area (Å²) in [5.74, 6) is 1.84. The fourth-order valence-electron chi connectivity index (χ4n) is 3.76. The number of amides is 1. The lowest BCUT2D eigenvalue weighted by atomic mass is 10.1. The van der Waals surface area contributed by atoms with Gasteiger partial charge in [0.15, 0.2) is 0 Å². The topological polar surface area (TPSA) is 34.0 Å². The van der Waals surface area contributed by atoms with Crippen LogP contribution in [0, 0.1) is 6.92 Å². The van der Waals surface area contributed by atoms with Gasteiger partial charge in [0.25, 0.3) is 0 Å². The minimum atomic E-state index is 0.259. The molecule has 0 radical (unpaired) electrons. The van der Waals surface area contributed by atoms with Gasteiger partial charge in [0.05, 0.1) is 38.5 Å². The Balaban J connectivity index is 1.23. The molecule has 1 N–H and O–H groups in total. The van der Waals surface area contributed by atoms with Gasteiger partial charge in [0, 0.05) is 16.9 Å². The molecule has 1 amide bonds. The van der Waals surface area contributed by atoms with Crippen molar-refractivity contribution in [1.82, 2.24) is 4.90 Å². The number of hydrogen-bond acceptors (Lipinski definition) is 3. The number of hydrogen-bond donors (Lipinski definition) is 1. The molecule has 2 aromatic rings. The van der Waals surface area contributed by atoms with Gasteiger partial charge in [0.1, 0.15) is 12.3 Å². The maximum absolute atomic E-state index is 12.5. The predicted molar refractivity (Wildman–Crippen MR) is 109 cm³/mol. The van der Waals surface area contributed by atoms with Crippen LogP contribution in [0.5, 0.6) is 5.75 Å². The number of nitrogens with one attached hydrogen (secondary N) is 1. The standard InChI is InChI=1S/C22H26N2O2S/c1-17-2-5-20(6-3-17)27-16-22(25)24-11-9-23(10-12-24)15-18-4-7-21-19(14-18)8-13-26-21/h2-7,14H,8-13,15-16H2,1H3/p+1. The Morgan fingerprint density at radius 3 is 2.70 bits per heavy atom. The molecule has 27 heavy (non-hydrogen) atoms. The maximum atomic E-state index is 12.5. The van der Waals surface area contributed by atoms with Crippen LogP contribution < -0.4 is 9.64 Å². The second kappa shape index (κ2) is 8.36. The Labute approximate surface area is 165 Å². The van der Waals surface area contributed by atoms with Gasteiger partial charge in [-0.2, -0.15) is 0 Å². The van der Waals surface area contributed by atoms with Crippen LogP contribution in [0.2, 0.25) is 0 Å². The van der Waals surface area contributed by atoms with Crippen molar-refractivity contribution in [3.05, 3.63) is 59.2 Å². The van der Waals surface area contributed by atoms with Crippen molar-refractivity contribution in [2.45, 2.75) is 24.8 Å². The zero-order valence-electron chi connectivity index (χ0n) is 15.9. The molecule has 0 unspecified atom stereocenters. The monoisotopic (exact) mass is 383 g/mol. The number of carbonyl (C=O) groups excluding carboxylic acids is 1. The van der Waals surface area contributed by atoms with E-state index in [1.807, 2.05) is 4.90 Å². The first kappa shape index (κ1) is 18.4. The van der Waals surface area contributed by atoms with Crippen molar-refractivity contribution < 1.29 is 14.4 Å². The second-order valence-corrected chi connectivity index (χ2v) is 8.50. The highest BCUT2D eigenvalue weighted by molar-refractivity contribution is 8.00. The van der Waals surface area contributed by atoms with Crippen LogP contribution in [0.3, 0.4) is 0 Å². The molecule has 0 saturated carbocycles. The molecule has 4 nitrogen and oxygen atoms in total. The first-order chi connectivity index (χ1) is 13.2. The van der Waals surface area contributed by atoms with E-state index in [2.05, 4.69) is 49.4 Å². The van der Waals surface area contributed by atoms with E-state index in [0.29, 0.717) is 5.75 Å². The van der Waals surface area contributed by atoms with Crippen molar-refractivity contribution in [2.24, 2.45) is 0 Å². The minimum absolute atomic E-state index is 0.259. The average Bonchev–Trinajstić information content (AvgIpc) is 3.16. The third-order valence-corrected chi connectivity index (χ3v) is 6.41. The second-order valence-electron chi connectivity index (χ2n) is 7.45. The smallest absolute Gasteiger partial charge is 0.233 e. The van der Waals surface area contributed by atoms with Crippen LogP contribution in [0.1, 0.15) is 16.7 Å². The molecule has 142 valence electrons. The number of benzene rings is 2. The lowest BCUT2D eigenvalue weighted by molar-refractivity contribution is -0.917. The summed E-state index contributed by atoms with van der Waals surface area (Å²) in [6.45, 7) is 7.69. The third kappa shape index (κ3) is 4.66. The number of ether oxygens (including phenoxy) is 1. The van der Waals surface area contributed by atoms with Gasteiger partial charge in [-0.3, -0.25) is 4.79 Å². The number of carbonyl (C=O) groups is 1. The summed E-state index contributed by atoms with van der Waals surface area (Å²) in [5.41, 5.74) is 3.97. The normalized spacial score (nSPS) is 16.9. The van der Waals surface area contributed by atoms with Crippen molar-refractivity contribution in [3.63, 3.8) is 0 Å². The van der Waals surface area contributed by atoms with Crippen LogP contribution >= 0.6 is 11.8 Å². The Morgan fingerprint density at radius 2 is 1.93 bits per heavy atom. The summed E-state index contributed by atoms with van der Waals surface area (Å²) in [5, 5.41) is 0. The molecule has 0 atom stereocenters. The van der Waals surface area contributed by atoms with Crippen molar-refractivity contribution >= 4 is 17.7 Å². The maximum Gasteiger partial charge on any atom is 0.233 e. The van der Waals surface area contributed by atoms with Crippen LogP contribution in [0.25, 0.3) is 0 Å². The molecule has 2 aliphatic heterocycles. The summed E-state index contributed by atoms with van der Waals surface area (Å²) >= 11 is 1.64. The van der Waals surface area contributed by atoms with E-state index in [0.717, 1.165) is 51.5 Å². The van der Waals surface area contributed by atoms with Crippen molar-refractivity contribution in [1.29, 1.82) is 0 Å². The molecule has 0 aromatic heterocycles. The van der Waals surface area contributed by atoms with E-state index in [-0.39, 0.29) is 5.91 Å². The van der Waals surface area contributed by atoms with Crippen molar-refractivity contribution in [2.75, 3.05) is 38.5 Å². The Kier molecular flexibility index (Phi) is 5.69. The quantitative estimate of drug-likeness (QED) is 0.802. The van der Waals surface area contributed by atoms with Gasteiger partial charge >= 0.3 is 0 Å². The van der Waals surface area contributed by atoms with E-state index >= 15 is 0 Å². The van der Waals surface area contributed by atoms with Crippen LogP contribution in [0.15, 0.2) is 47.4 Å².